The van der Waals surface area contributed by atoms with Gasteiger partial charge in [-0.25, -0.2) is 4.79 Å². The number of alkyl halides is 3. The molecule has 1 N–H and O–H groups in total. The van der Waals surface area contributed by atoms with Gasteiger partial charge in [-0.2, -0.15) is 13.2 Å². The summed E-state index contributed by atoms with van der Waals surface area (Å²) < 4.78 is 49.4. The topological polar surface area (TPSA) is 83.2 Å². The third-order valence-corrected chi connectivity index (χ3v) is 5.96. The van der Waals surface area contributed by atoms with E-state index in [2.05, 4.69) is 20.7 Å². The summed E-state index contributed by atoms with van der Waals surface area (Å²) in [7, 11) is 0. The number of carbonyl (C=O) groups excluding carboxylic acids is 1. The van der Waals surface area contributed by atoms with E-state index >= 15 is 0 Å². The predicted molar refractivity (Wildman–Crippen MR) is 112 cm³/mol. The van der Waals surface area contributed by atoms with Gasteiger partial charge < -0.3 is 24.1 Å². The van der Waals surface area contributed by atoms with E-state index in [4.69, 9.17) is 9.52 Å². The highest BCUT2D eigenvalue weighted by Gasteiger charge is 2.32. The fraction of sp³-hybridized carbons (Fsp3) is 0.238. The Labute approximate surface area is 188 Å². The van der Waals surface area contributed by atoms with E-state index in [1.165, 1.54) is 23.1 Å². The number of carbonyl (C=O) groups is 2. The number of fused-ring (bicyclic) bond motifs is 1. The monoisotopic (exact) mass is 512 g/mol. The lowest BCUT2D eigenvalue weighted by Gasteiger charge is -2.36. The lowest BCUT2D eigenvalue weighted by Crippen LogP contribution is -2.49. The zero-order chi connectivity index (χ0) is 23.0. The summed E-state index contributed by atoms with van der Waals surface area (Å²) in [5.74, 6) is -0.600. The van der Waals surface area contributed by atoms with E-state index in [9.17, 15) is 22.8 Å². The first-order valence-electron chi connectivity index (χ1n) is 9.48. The normalized spacial score (nSPS) is 14.6. The van der Waals surface area contributed by atoms with Crippen LogP contribution in [0.5, 0.6) is 5.95 Å². The van der Waals surface area contributed by atoms with Crippen LogP contribution in [-0.4, -0.2) is 48.2 Å². The Morgan fingerprint density at radius 2 is 1.78 bits per heavy atom. The fourth-order valence-electron chi connectivity index (χ4n) is 3.59. The van der Waals surface area contributed by atoms with Crippen LogP contribution in [0.2, 0.25) is 0 Å². The summed E-state index contributed by atoms with van der Waals surface area (Å²) in [6.45, 7) is 1.59. The van der Waals surface area contributed by atoms with Crippen molar-refractivity contribution in [1.29, 1.82) is 0 Å². The Hall–Kier alpha value is -3.21. The summed E-state index contributed by atoms with van der Waals surface area (Å²) in [5.41, 5.74) is 0.396. The highest BCUT2D eigenvalue weighted by molar-refractivity contribution is 9.10. The summed E-state index contributed by atoms with van der Waals surface area (Å²) in [4.78, 5) is 27.0. The molecule has 1 aliphatic heterocycles. The number of hydrogen-bond donors (Lipinski definition) is 1. The Morgan fingerprint density at radius 3 is 2.44 bits per heavy atom. The number of ether oxygens (including phenoxy) is 1. The minimum atomic E-state index is -4.51. The maximum Gasteiger partial charge on any atom is 0.513 e. The number of anilines is 1. The van der Waals surface area contributed by atoms with Gasteiger partial charge in [0.2, 0.25) is 0 Å². The van der Waals surface area contributed by atoms with E-state index in [-0.39, 0.29) is 11.5 Å². The van der Waals surface area contributed by atoms with Crippen molar-refractivity contribution in [3.8, 4) is 5.95 Å². The average molecular weight is 513 g/mol. The summed E-state index contributed by atoms with van der Waals surface area (Å²) in [6, 6.07) is 9.36. The van der Waals surface area contributed by atoms with Crippen LogP contribution in [-0.2, 0) is 6.18 Å². The van der Waals surface area contributed by atoms with Crippen LogP contribution < -0.4 is 9.64 Å². The second-order valence-electron chi connectivity index (χ2n) is 7.10. The van der Waals surface area contributed by atoms with Crippen molar-refractivity contribution < 1.29 is 37.0 Å². The van der Waals surface area contributed by atoms with Crippen LogP contribution >= 0.6 is 15.9 Å². The average Bonchev–Trinajstić information content (AvgIpc) is 3.16. The van der Waals surface area contributed by atoms with Gasteiger partial charge >= 0.3 is 12.3 Å². The molecule has 0 radical (unpaired) electrons. The largest absolute Gasteiger partial charge is 0.513 e. The first kappa shape index (κ1) is 22.0. The zero-order valence-electron chi connectivity index (χ0n) is 16.4. The molecule has 1 saturated heterocycles. The van der Waals surface area contributed by atoms with Gasteiger partial charge in [0.05, 0.1) is 15.7 Å². The molecular weight excluding hydrogens is 497 g/mol. The number of rotatable bonds is 3. The number of benzene rings is 2. The number of hydrogen-bond acceptors (Lipinski definition) is 5. The van der Waals surface area contributed by atoms with Gasteiger partial charge in [-0.1, -0.05) is 6.07 Å². The van der Waals surface area contributed by atoms with Crippen molar-refractivity contribution in [3.63, 3.8) is 0 Å². The van der Waals surface area contributed by atoms with Crippen LogP contribution in [0.4, 0.5) is 23.7 Å². The molecule has 0 aliphatic carbocycles. The van der Waals surface area contributed by atoms with E-state index in [1.54, 1.807) is 12.1 Å². The van der Waals surface area contributed by atoms with Crippen LogP contribution in [0.25, 0.3) is 11.0 Å². The molecule has 0 unspecified atom stereocenters. The summed E-state index contributed by atoms with van der Waals surface area (Å²) in [5, 5.41) is 9.36. The molecule has 168 valence electrons. The van der Waals surface area contributed by atoms with Gasteiger partial charge in [-0.3, -0.25) is 4.79 Å². The van der Waals surface area contributed by atoms with E-state index < -0.39 is 23.8 Å². The predicted octanol–water partition coefficient (Wildman–Crippen LogP) is 5.23. The molecule has 11 heteroatoms. The van der Waals surface area contributed by atoms with Gasteiger partial charge in [0.1, 0.15) is 5.58 Å². The molecular formula is C21H16BrF3N2O5. The molecule has 0 spiro atoms. The lowest BCUT2D eigenvalue weighted by atomic mass is 10.1. The Kier molecular flexibility index (Phi) is 5.76. The highest BCUT2D eigenvalue weighted by atomic mass is 79.9. The van der Waals surface area contributed by atoms with Crippen molar-refractivity contribution in [1.82, 2.24) is 4.90 Å². The van der Waals surface area contributed by atoms with Gasteiger partial charge in [0.25, 0.3) is 11.9 Å². The van der Waals surface area contributed by atoms with Crippen LogP contribution in [0.3, 0.4) is 0 Å². The Bertz CT molecular complexity index is 1190. The molecule has 1 fully saturated rings. The molecule has 4 rings (SSSR count). The molecule has 0 saturated carbocycles. The van der Waals surface area contributed by atoms with Crippen molar-refractivity contribution in [2.45, 2.75) is 6.18 Å². The number of halogens is 4. The van der Waals surface area contributed by atoms with Gasteiger partial charge in [0.15, 0.2) is 0 Å². The smallest absolute Gasteiger partial charge is 0.449 e. The maximum absolute atomic E-state index is 12.9. The Morgan fingerprint density at radius 1 is 1.06 bits per heavy atom. The molecule has 0 atom stereocenters. The third kappa shape index (κ3) is 4.38. The molecule has 2 heterocycles. The van der Waals surface area contributed by atoms with Crippen LogP contribution in [0, 0.1) is 0 Å². The van der Waals surface area contributed by atoms with E-state index in [1.807, 2.05) is 4.90 Å². The van der Waals surface area contributed by atoms with E-state index in [0.29, 0.717) is 41.6 Å². The minimum Gasteiger partial charge on any atom is -0.449 e. The molecule has 0 bridgehead atoms. The molecule has 2 aromatic carbocycles. The second-order valence-corrected chi connectivity index (χ2v) is 7.89. The first-order valence-corrected chi connectivity index (χ1v) is 10.3. The minimum absolute atomic E-state index is 0.000215. The van der Waals surface area contributed by atoms with Crippen molar-refractivity contribution >= 4 is 44.6 Å². The quantitative estimate of drug-likeness (QED) is 0.483. The van der Waals surface area contributed by atoms with Crippen LogP contribution in [0.1, 0.15) is 15.9 Å². The summed E-state index contributed by atoms with van der Waals surface area (Å²) >= 11 is 3.51. The van der Waals surface area contributed by atoms with E-state index in [0.717, 1.165) is 17.8 Å². The second kappa shape index (κ2) is 8.38. The number of furan rings is 1. The Balaban J connectivity index is 1.48. The molecule has 32 heavy (non-hydrogen) atoms. The van der Waals surface area contributed by atoms with Crippen molar-refractivity contribution in [2.75, 3.05) is 31.1 Å². The summed E-state index contributed by atoms with van der Waals surface area (Å²) in [6.07, 6.45) is -6.00. The number of amides is 1. The van der Waals surface area contributed by atoms with Gasteiger partial charge in [-0.15, -0.1) is 0 Å². The molecule has 1 aromatic heterocycles. The molecule has 3 aromatic rings. The third-order valence-electron chi connectivity index (χ3n) is 5.12. The standard InChI is InChI=1S/C21H16BrF3N2O5/c22-18-14-11-17(32-20(29)30)31-16(14)5-4-15(18)26-6-8-27(9-7-26)19(28)12-2-1-3-13(10-12)21(23,24)25/h1-5,10-11H,6-9H2,(H,29,30). The maximum atomic E-state index is 12.9. The number of nitrogens with zero attached hydrogens (tertiary/aromatic N) is 2. The van der Waals surface area contributed by atoms with Crippen molar-refractivity contribution in [3.05, 3.63) is 58.1 Å². The van der Waals surface area contributed by atoms with Gasteiger partial charge in [-0.05, 0) is 46.3 Å². The lowest BCUT2D eigenvalue weighted by molar-refractivity contribution is -0.137. The van der Waals surface area contributed by atoms with Crippen molar-refractivity contribution in [2.24, 2.45) is 0 Å². The molecule has 1 aliphatic rings. The zero-order valence-corrected chi connectivity index (χ0v) is 17.9. The molecule has 7 nitrogen and oxygen atoms in total. The van der Waals surface area contributed by atoms with Crippen LogP contribution in [0.15, 0.2) is 51.4 Å². The first-order chi connectivity index (χ1) is 15.1. The fourth-order valence-corrected chi connectivity index (χ4v) is 4.28. The number of piperazine rings is 1. The van der Waals surface area contributed by atoms with Gasteiger partial charge in [0, 0.05) is 43.2 Å². The number of carboxylic acid groups (broad SMARTS) is 1. The molecule has 1 amide bonds. The SMILES string of the molecule is O=C(O)Oc1cc2c(Br)c(N3CCN(C(=O)c4cccc(C(F)(F)F)c4)CC3)ccc2o1. The highest BCUT2D eigenvalue weighted by Crippen LogP contribution is 2.38.